The molecule has 5 heteroatoms. The minimum atomic E-state index is -0.361. The van der Waals surface area contributed by atoms with Gasteiger partial charge < -0.3 is 10.2 Å². The van der Waals surface area contributed by atoms with Crippen molar-refractivity contribution in [2.75, 3.05) is 18.9 Å². The average molecular weight is 266 g/mol. The van der Waals surface area contributed by atoms with E-state index in [1.54, 1.807) is 37.1 Å². The molecular weight excluding hydrogens is 250 g/mol. The molecule has 0 fully saturated rings. The summed E-state index contributed by atoms with van der Waals surface area (Å²) < 4.78 is 0. The molecule has 1 atom stereocenters. The van der Waals surface area contributed by atoms with Gasteiger partial charge in [0, 0.05) is 13.6 Å². The number of carbonyl (C=O) groups is 1. The molecule has 0 aliphatic carbocycles. The van der Waals surface area contributed by atoms with E-state index in [0.717, 1.165) is 0 Å². The summed E-state index contributed by atoms with van der Waals surface area (Å²) in [5, 5.41) is 12.2. The molecule has 1 aromatic carbocycles. The van der Waals surface area contributed by atoms with Crippen molar-refractivity contribution in [1.29, 1.82) is 5.26 Å². The Hall–Kier alpha value is -1.73. The summed E-state index contributed by atoms with van der Waals surface area (Å²) in [6.45, 7) is 4.36. The molecule has 1 N–H and O–H groups in total. The van der Waals surface area contributed by atoms with Crippen LogP contribution in [0, 0.1) is 11.3 Å². The lowest BCUT2D eigenvalue weighted by Crippen LogP contribution is -2.38. The Morgan fingerprint density at radius 3 is 2.78 bits per heavy atom. The van der Waals surface area contributed by atoms with E-state index in [9.17, 15) is 4.79 Å². The number of benzene rings is 1. The Kier molecular flexibility index (Phi) is 4.99. The van der Waals surface area contributed by atoms with Gasteiger partial charge in [0.1, 0.15) is 6.04 Å². The summed E-state index contributed by atoms with van der Waals surface area (Å²) in [4.78, 5) is 13.5. The number of amides is 1. The highest BCUT2D eigenvalue weighted by atomic mass is 35.5. The zero-order valence-electron chi connectivity index (χ0n) is 10.7. The fourth-order valence-corrected chi connectivity index (χ4v) is 1.72. The molecule has 96 valence electrons. The lowest BCUT2D eigenvalue weighted by molar-refractivity contribution is -0.130. The first-order valence-corrected chi connectivity index (χ1v) is 6.08. The maximum absolute atomic E-state index is 11.9. The Bertz CT molecular complexity index is 482. The smallest absolute Gasteiger partial charge is 0.244 e. The van der Waals surface area contributed by atoms with Gasteiger partial charge in [-0.1, -0.05) is 11.6 Å². The predicted molar refractivity (Wildman–Crippen MR) is 72.6 cm³/mol. The summed E-state index contributed by atoms with van der Waals surface area (Å²) in [7, 11) is 1.75. The number of anilines is 1. The van der Waals surface area contributed by atoms with Crippen molar-refractivity contribution in [3.05, 3.63) is 28.8 Å². The summed E-state index contributed by atoms with van der Waals surface area (Å²) in [5.74, 6) is -0.00192. The lowest BCUT2D eigenvalue weighted by atomic mass is 10.2. The zero-order valence-corrected chi connectivity index (χ0v) is 11.5. The maximum Gasteiger partial charge on any atom is 0.244 e. The molecule has 0 aliphatic rings. The molecule has 0 heterocycles. The topological polar surface area (TPSA) is 56.1 Å². The normalized spacial score (nSPS) is 11.5. The van der Waals surface area contributed by atoms with Gasteiger partial charge in [0.05, 0.1) is 22.3 Å². The van der Waals surface area contributed by atoms with E-state index in [1.807, 2.05) is 13.0 Å². The average Bonchev–Trinajstić information content (AvgIpc) is 2.38. The highest BCUT2D eigenvalue weighted by Gasteiger charge is 2.16. The van der Waals surface area contributed by atoms with Crippen molar-refractivity contribution in [3.8, 4) is 6.07 Å². The third-order valence-corrected chi connectivity index (χ3v) is 3.00. The molecule has 18 heavy (non-hydrogen) atoms. The van der Waals surface area contributed by atoms with Gasteiger partial charge in [-0.3, -0.25) is 4.79 Å². The van der Waals surface area contributed by atoms with Crippen molar-refractivity contribution in [2.45, 2.75) is 19.9 Å². The second kappa shape index (κ2) is 6.27. The van der Waals surface area contributed by atoms with E-state index < -0.39 is 0 Å². The fraction of sp³-hybridized carbons (Fsp3) is 0.385. The third kappa shape index (κ3) is 3.38. The summed E-state index contributed by atoms with van der Waals surface area (Å²) >= 11 is 6.03. The first-order chi connectivity index (χ1) is 8.49. The third-order valence-electron chi connectivity index (χ3n) is 2.69. The second-order valence-electron chi connectivity index (χ2n) is 4.02. The van der Waals surface area contributed by atoms with E-state index in [2.05, 4.69) is 5.32 Å². The highest BCUT2D eigenvalue weighted by Crippen LogP contribution is 2.23. The first kappa shape index (κ1) is 14.3. The summed E-state index contributed by atoms with van der Waals surface area (Å²) in [6.07, 6.45) is 0. The number of hydrogen-bond acceptors (Lipinski definition) is 3. The molecule has 1 unspecified atom stereocenters. The lowest BCUT2D eigenvalue weighted by Gasteiger charge is -2.21. The van der Waals surface area contributed by atoms with Gasteiger partial charge in [-0.05, 0) is 32.0 Å². The van der Waals surface area contributed by atoms with Gasteiger partial charge in [-0.15, -0.1) is 0 Å². The van der Waals surface area contributed by atoms with Crippen molar-refractivity contribution >= 4 is 23.2 Å². The van der Waals surface area contributed by atoms with Crippen LogP contribution in [0.1, 0.15) is 19.4 Å². The molecule has 0 saturated heterocycles. The van der Waals surface area contributed by atoms with Gasteiger partial charge in [0.25, 0.3) is 0 Å². The predicted octanol–water partition coefficient (Wildman–Crippen LogP) is 2.49. The number of halogens is 1. The van der Waals surface area contributed by atoms with Crippen LogP contribution in [0.3, 0.4) is 0 Å². The van der Waals surface area contributed by atoms with Crippen LogP contribution in [0.25, 0.3) is 0 Å². The largest absolute Gasteiger partial charge is 0.373 e. The second-order valence-corrected chi connectivity index (χ2v) is 4.43. The zero-order chi connectivity index (χ0) is 13.7. The minimum absolute atomic E-state index is 0.00192. The Labute approximate surface area is 112 Å². The van der Waals surface area contributed by atoms with Crippen LogP contribution < -0.4 is 5.32 Å². The van der Waals surface area contributed by atoms with Gasteiger partial charge in [0.2, 0.25) is 5.91 Å². The Balaban J connectivity index is 2.79. The van der Waals surface area contributed by atoms with Gasteiger partial charge in [-0.2, -0.15) is 5.26 Å². The van der Waals surface area contributed by atoms with E-state index in [1.165, 1.54) is 0 Å². The fourth-order valence-electron chi connectivity index (χ4n) is 1.48. The van der Waals surface area contributed by atoms with E-state index in [-0.39, 0.29) is 11.9 Å². The van der Waals surface area contributed by atoms with Crippen LogP contribution in [0.15, 0.2) is 18.2 Å². The van der Waals surface area contributed by atoms with Crippen LogP contribution >= 0.6 is 11.6 Å². The number of likely N-dealkylation sites (N-methyl/N-ethyl adjacent to an activating group) is 1. The number of hydrogen-bond donors (Lipinski definition) is 1. The van der Waals surface area contributed by atoms with E-state index >= 15 is 0 Å². The molecule has 0 saturated carbocycles. The van der Waals surface area contributed by atoms with Crippen molar-refractivity contribution in [2.24, 2.45) is 0 Å². The summed E-state index contributed by atoms with van der Waals surface area (Å²) in [6, 6.07) is 6.59. The SMILES string of the molecule is CCN(C)C(=O)C(C)Nc1ccc(C#N)cc1Cl. The van der Waals surface area contributed by atoms with Gasteiger partial charge in [-0.25, -0.2) is 0 Å². The first-order valence-electron chi connectivity index (χ1n) is 5.70. The Morgan fingerprint density at radius 2 is 2.28 bits per heavy atom. The number of nitriles is 1. The number of nitrogens with zero attached hydrogens (tertiary/aromatic N) is 2. The van der Waals surface area contributed by atoms with Crippen molar-refractivity contribution in [3.63, 3.8) is 0 Å². The van der Waals surface area contributed by atoms with Crippen LogP contribution in [0.5, 0.6) is 0 Å². The quantitative estimate of drug-likeness (QED) is 0.910. The van der Waals surface area contributed by atoms with Crippen LogP contribution in [0.4, 0.5) is 5.69 Å². The number of nitrogens with one attached hydrogen (secondary N) is 1. The van der Waals surface area contributed by atoms with Crippen LogP contribution in [0.2, 0.25) is 5.02 Å². The molecule has 0 bridgehead atoms. The molecule has 1 amide bonds. The molecule has 0 spiro atoms. The van der Waals surface area contributed by atoms with Gasteiger partial charge in [0.15, 0.2) is 0 Å². The maximum atomic E-state index is 11.9. The molecule has 1 rings (SSSR count). The van der Waals surface area contributed by atoms with Crippen molar-refractivity contribution in [1.82, 2.24) is 4.90 Å². The molecule has 4 nitrogen and oxygen atoms in total. The van der Waals surface area contributed by atoms with Gasteiger partial charge >= 0.3 is 0 Å². The van der Waals surface area contributed by atoms with Crippen LogP contribution in [-0.4, -0.2) is 30.4 Å². The van der Waals surface area contributed by atoms with E-state index in [0.29, 0.717) is 22.8 Å². The van der Waals surface area contributed by atoms with E-state index in [4.69, 9.17) is 16.9 Å². The number of rotatable bonds is 4. The Morgan fingerprint density at radius 1 is 1.61 bits per heavy atom. The minimum Gasteiger partial charge on any atom is -0.373 e. The highest BCUT2D eigenvalue weighted by molar-refractivity contribution is 6.33. The molecule has 0 aliphatic heterocycles. The van der Waals surface area contributed by atoms with Crippen molar-refractivity contribution < 1.29 is 4.79 Å². The molecule has 0 radical (unpaired) electrons. The number of carbonyl (C=O) groups excluding carboxylic acids is 1. The molecule has 0 aromatic heterocycles. The van der Waals surface area contributed by atoms with Crippen LogP contribution in [-0.2, 0) is 4.79 Å². The standard InChI is InChI=1S/C13H16ClN3O/c1-4-17(3)13(18)9(2)16-12-6-5-10(8-15)7-11(12)14/h5-7,9,16H,4H2,1-3H3. The molecular formula is C13H16ClN3O. The molecule has 1 aromatic rings. The summed E-state index contributed by atoms with van der Waals surface area (Å²) in [5.41, 5.74) is 1.15. The monoisotopic (exact) mass is 265 g/mol.